The average Bonchev–Trinajstić information content (AvgIpc) is 2.90. The summed E-state index contributed by atoms with van der Waals surface area (Å²) in [6, 6.07) is 17.9. The van der Waals surface area contributed by atoms with Crippen molar-refractivity contribution in [2.75, 3.05) is 11.4 Å². The van der Waals surface area contributed by atoms with Gasteiger partial charge in [-0.1, -0.05) is 41.6 Å². The van der Waals surface area contributed by atoms with Gasteiger partial charge in [-0.3, -0.25) is 9.88 Å². The fraction of sp³-hybridized carbons (Fsp3) is 0.217. The van der Waals surface area contributed by atoms with Crippen molar-refractivity contribution in [2.45, 2.75) is 35.6 Å². The van der Waals surface area contributed by atoms with Gasteiger partial charge >= 0.3 is 6.03 Å². The topological polar surface area (TPSA) is 45.2 Å². The van der Waals surface area contributed by atoms with Gasteiger partial charge in [-0.05, 0) is 66.8 Å². The normalized spacial score (nSPS) is 12.7. The lowest BCUT2D eigenvalue weighted by Crippen LogP contribution is -2.40. The van der Waals surface area contributed by atoms with Crippen LogP contribution >= 0.6 is 23.4 Å². The highest BCUT2D eigenvalue weighted by atomic mass is 35.5. The second-order valence-electron chi connectivity index (χ2n) is 6.95. The van der Waals surface area contributed by atoms with Crippen LogP contribution in [0.15, 0.2) is 76.8 Å². The molecule has 2 amide bonds. The lowest BCUT2D eigenvalue weighted by molar-refractivity contribution is 0.245. The van der Waals surface area contributed by atoms with Crippen LogP contribution in [0.25, 0.3) is 0 Å². The molecule has 29 heavy (non-hydrogen) atoms. The van der Waals surface area contributed by atoms with E-state index >= 15 is 0 Å². The Morgan fingerprint density at radius 3 is 2.76 bits per heavy atom. The van der Waals surface area contributed by atoms with Gasteiger partial charge in [-0.25, -0.2) is 4.79 Å². The van der Waals surface area contributed by atoms with Crippen molar-refractivity contribution in [1.29, 1.82) is 0 Å². The van der Waals surface area contributed by atoms with Gasteiger partial charge in [0.2, 0.25) is 0 Å². The zero-order valence-corrected chi connectivity index (χ0v) is 17.5. The van der Waals surface area contributed by atoms with E-state index in [1.54, 1.807) is 16.7 Å². The monoisotopic (exact) mass is 423 g/mol. The number of amides is 2. The number of unbranched alkanes of at least 4 members (excludes halogenated alkanes) is 1. The largest absolute Gasteiger partial charge is 0.338 e. The highest BCUT2D eigenvalue weighted by Crippen LogP contribution is 2.42. The molecule has 1 aliphatic rings. The first kappa shape index (κ1) is 19.8. The number of nitrogens with zero attached hydrogens (tertiary/aromatic N) is 2. The van der Waals surface area contributed by atoms with Gasteiger partial charge in [0, 0.05) is 33.8 Å². The maximum Gasteiger partial charge on any atom is 0.322 e. The summed E-state index contributed by atoms with van der Waals surface area (Å²) < 4.78 is 0. The van der Waals surface area contributed by atoms with Crippen molar-refractivity contribution in [1.82, 2.24) is 10.3 Å². The molecule has 2 heterocycles. The lowest BCUT2D eigenvalue weighted by atomic mass is 10.1. The van der Waals surface area contributed by atoms with Crippen molar-refractivity contribution in [3.63, 3.8) is 0 Å². The molecule has 0 aliphatic carbocycles. The highest BCUT2D eigenvalue weighted by molar-refractivity contribution is 7.99. The molecule has 0 fully saturated rings. The van der Waals surface area contributed by atoms with Crippen molar-refractivity contribution in [3.05, 3.63) is 83.1 Å². The van der Waals surface area contributed by atoms with E-state index in [1.165, 1.54) is 10.5 Å². The van der Waals surface area contributed by atoms with Crippen molar-refractivity contribution >= 4 is 35.1 Å². The number of hydrogen-bond donors (Lipinski definition) is 1. The van der Waals surface area contributed by atoms with Gasteiger partial charge in [0.25, 0.3) is 0 Å². The third-order valence-electron chi connectivity index (χ3n) is 4.90. The molecule has 1 aromatic heterocycles. The summed E-state index contributed by atoms with van der Waals surface area (Å²) in [5.41, 5.74) is 3.27. The Morgan fingerprint density at radius 1 is 1.07 bits per heavy atom. The number of rotatable bonds is 5. The van der Waals surface area contributed by atoms with Crippen LogP contribution in [0.1, 0.15) is 24.0 Å². The zero-order valence-electron chi connectivity index (χ0n) is 16.0. The number of aromatic nitrogens is 1. The van der Waals surface area contributed by atoms with E-state index in [0.29, 0.717) is 18.1 Å². The van der Waals surface area contributed by atoms with Crippen molar-refractivity contribution < 1.29 is 4.79 Å². The minimum atomic E-state index is -0.0882. The Hall–Kier alpha value is -2.50. The summed E-state index contributed by atoms with van der Waals surface area (Å²) in [6.45, 7) is 1.17. The molecule has 0 spiro atoms. The summed E-state index contributed by atoms with van der Waals surface area (Å²) in [5, 5.41) is 3.71. The molecule has 0 radical (unpaired) electrons. The van der Waals surface area contributed by atoms with E-state index < -0.39 is 0 Å². The van der Waals surface area contributed by atoms with Gasteiger partial charge in [-0.2, -0.15) is 0 Å². The summed E-state index contributed by atoms with van der Waals surface area (Å²) in [5.74, 6) is 0. The number of aryl methyl sites for hydroxylation is 1. The number of urea groups is 1. The SMILES string of the molecule is O=C(NCCCCc1ccncc1)N1Cc2ccccc2Sc2ccc(Cl)cc21. The Bertz CT molecular complexity index is 996. The predicted molar refractivity (Wildman–Crippen MR) is 119 cm³/mol. The number of hydrogen-bond acceptors (Lipinski definition) is 3. The fourth-order valence-corrected chi connectivity index (χ4v) is 4.59. The van der Waals surface area contributed by atoms with Gasteiger partial charge < -0.3 is 5.32 Å². The van der Waals surface area contributed by atoms with E-state index in [4.69, 9.17) is 11.6 Å². The minimum Gasteiger partial charge on any atom is -0.338 e. The minimum absolute atomic E-state index is 0.0882. The molecule has 0 saturated heterocycles. The van der Waals surface area contributed by atoms with E-state index in [9.17, 15) is 4.79 Å². The smallest absolute Gasteiger partial charge is 0.322 e. The molecular formula is C23H22ClN3OS. The third-order valence-corrected chi connectivity index (χ3v) is 6.31. The average molecular weight is 424 g/mol. The molecule has 0 saturated carbocycles. The van der Waals surface area contributed by atoms with Crippen LogP contribution in [0, 0.1) is 0 Å². The van der Waals surface area contributed by atoms with E-state index in [1.807, 2.05) is 54.9 Å². The number of nitrogens with one attached hydrogen (secondary N) is 1. The Kier molecular flexibility index (Phi) is 6.37. The van der Waals surface area contributed by atoms with Crippen LogP contribution in [0.5, 0.6) is 0 Å². The van der Waals surface area contributed by atoms with Crippen LogP contribution in [0.3, 0.4) is 0 Å². The molecule has 6 heteroatoms. The molecule has 0 bridgehead atoms. The van der Waals surface area contributed by atoms with Gasteiger partial charge in [-0.15, -0.1) is 0 Å². The van der Waals surface area contributed by atoms with Crippen LogP contribution in [0.4, 0.5) is 10.5 Å². The number of pyridine rings is 1. The van der Waals surface area contributed by atoms with Crippen molar-refractivity contribution in [3.8, 4) is 0 Å². The molecule has 2 aromatic carbocycles. The van der Waals surface area contributed by atoms with Gasteiger partial charge in [0.1, 0.15) is 0 Å². The van der Waals surface area contributed by atoms with Crippen LogP contribution in [-0.4, -0.2) is 17.6 Å². The molecular weight excluding hydrogens is 402 g/mol. The van der Waals surface area contributed by atoms with Gasteiger partial charge in [0.15, 0.2) is 0 Å². The van der Waals surface area contributed by atoms with Crippen LogP contribution in [0.2, 0.25) is 5.02 Å². The maximum atomic E-state index is 13.0. The molecule has 148 valence electrons. The first-order chi connectivity index (χ1) is 14.2. The molecule has 0 atom stereocenters. The number of fused-ring (bicyclic) bond motifs is 2. The summed E-state index contributed by atoms with van der Waals surface area (Å²) in [6.07, 6.45) is 6.56. The molecule has 0 unspecified atom stereocenters. The first-order valence-electron chi connectivity index (χ1n) is 9.70. The van der Waals surface area contributed by atoms with E-state index in [-0.39, 0.29) is 6.03 Å². The van der Waals surface area contributed by atoms with Crippen molar-refractivity contribution in [2.24, 2.45) is 0 Å². The molecule has 3 aromatic rings. The molecule has 1 aliphatic heterocycles. The standard InChI is InChI=1S/C23H22ClN3OS/c24-19-8-9-22-20(15-19)27(16-18-6-1-2-7-21(18)29-22)23(28)26-12-4-3-5-17-10-13-25-14-11-17/h1-2,6-11,13-15H,3-5,12,16H2,(H,26,28). The Balaban J connectivity index is 1.42. The third kappa shape index (κ3) is 4.92. The number of carbonyl (C=O) groups is 1. The molecule has 1 N–H and O–H groups in total. The van der Waals surface area contributed by atoms with Crippen LogP contribution < -0.4 is 10.2 Å². The Labute approximate surface area is 180 Å². The number of benzene rings is 2. The summed E-state index contributed by atoms with van der Waals surface area (Å²) in [4.78, 5) is 21.1. The van der Waals surface area contributed by atoms with E-state index in [2.05, 4.69) is 22.4 Å². The number of halogens is 1. The molecule has 4 nitrogen and oxygen atoms in total. The summed E-state index contributed by atoms with van der Waals surface area (Å²) in [7, 11) is 0. The van der Waals surface area contributed by atoms with E-state index in [0.717, 1.165) is 35.4 Å². The zero-order chi connectivity index (χ0) is 20.1. The fourth-order valence-electron chi connectivity index (χ4n) is 3.37. The predicted octanol–water partition coefficient (Wildman–Crippen LogP) is 5.94. The first-order valence-corrected chi connectivity index (χ1v) is 10.9. The number of anilines is 1. The van der Waals surface area contributed by atoms with Crippen LogP contribution in [-0.2, 0) is 13.0 Å². The number of carbonyl (C=O) groups excluding carboxylic acids is 1. The second-order valence-corrected chi connectivity index (χ2v) is 8.47. The quantitative estimate of drug-likeness (QED) is 0.516. The lowest BCUT2D eigenvalue weighted by Gasteiger charge is -2.23. The Morgan fingerprint density at radius 2 is 1.90 bits per heavy atom. The molecule has 4 rings (SSSR count). The maximum absolute atomic E-state index is 13.0. The second kappa shape index (κ2) is 9.33. The van der Waals surface area contributed by atoms with Gasteiger partial charge in [0.05, 0.1) is 12.2 Å². The highest BCUT2D eigenvalue weighted by Gasteiger charge is 2.24. The summed E-state index contributed by atoms with van der Waals surface area (Å²) >= 11 is 7.92.